The van der Waals surface area contributed by atoms with Crippen LogP contribution in [0.4, 0.5) is 5.69 Å². The highest BCUT2D eigenvalue weighted by Crippen LogP contribution is 2.19. The molecule has 3 heterocycles. The number of nitrogens with zero attached hydrogens (tertiary/aromatic N) is 4. The number of para-hydroxylation sites is 1. The van der Waals surface area contributed by atoms with Crippen molar-refractivity contribution in [2.75, 3.05) is 91.1 Å². The molecule has 284 valence electrons. The molecule has 0 bridgehead atoms. The van der Waals surface area contributed by atoms with Crippen molar-refractivity contribution in [1.82, 2.24) is 24.9 Å². The molecule has 0 saturated carbocycles. The molecule has 5 rings (SSSR count). The van der Waals surface area contributed by atoms with Crippen LogP contribution in [0.15, 0.2) is 41.2 Å². The quantitative estimate of drug-likeness (QED) is 0.372. The topological polar surface area (TPSA) is 146 Å². The highest BCUT2D eigenvalue weighted by molar-refractivity contribution is 5.91. The lowest BCUT2D eigenvalue weighted by Crippen LogP contribution is -2.45. The number of ether oxygens (including phenoxy) is 5. The van der Waals surface area contributed by atoms with Gasteiger partial charge in [-0.3, -0.25) is 19.0 Å². The summed E-state index contributed by atoms with van der Waals surface area (Å²) in [6, 6.07) is 11.5. The van der Waals surface area contributed by atoms with Crippen molar-refractivity contribution >= 4 is 28.4 Å². The first-order valence-electron chi connectivity index (χ1n) is 18.3. The van der Waals surface area contributed by atoms with Gasteiger partial charge in [0.1, 0.15) is 19.1 Å². The lowest BCUT2D eigenvalue weighted by molar-refractivity contribution is -0.136. The summed E-state index contributed by atoms with van der Waals surface area (Å²) in [6.07, 6.45) is 1.83. The summed E-state index contributed by atoms with van der Waals surface area (Å²) in [7, 11) is 0. The van der Waals surface area contributed by atoms with Gasteiger partial charge in [0.15, 0.2) is 0 Å². The van der Waals surface area contributed by atoms with E-state index in [-0.39, 0.29) is 43.1 Å². The van der Waals surface area contributed by atoms with Crippen LogP contribution in [0.3, 0.4) is 0 Å². The Morgan fingerprint density at radius 2 is 1.46 bits per heavy atom. The first-order valence-corrected chi connectivity index (χ1v) is 18.3. The Labute approximate surface area is 305 Å². The molecule has 1 aromatic heterocycles. The molecule has 2 N–H and O–H groups in total. The van der Waals surface area contributed by atoms with Gasteiger partial charge in [-0.15, -0.1) is 0 Å². The largest absolute Gasteiger partial charge is 0.379 e. The van der Waals surface area contributed by atoms with Gasteiger partial charge in [0.25, 0.3) is 5.56 Å². The minimum atomic E-state index is -0.252. The molecular formula is C38H54N6O8. The van der Waals surface area contributed by atoms with Crippen LogP contribution in [0.2, 0.25) is 0 Å². The molecule has 0 radical (unpaired) electrons. The molecule has 2 aliphatic rings. The summed E-state index contributed by atoms with van der Waals surface area (Å²) in [5, 5.41) is 5.41. The molecule has 3 aromatic rings. The van der Waals surface area contributed by atoms with E-state index in [1.807, 2.05) is 50.0 Å². The third-order valence-electron chi connectivity index (χ3n) is 9.22. The molecule has 1 atom stereocenters. The maximum absolute atomic E-state index is 13.8. The van der Waals surface area contributed by atoms with Gasteiger partial charge < -0.3 is 33.9 Å². The van der Waals surface area contributed by atoms with E-state index in [9.17, 15) is 14.4 Å². The number of anilines is 1. The number of carbonyl (C=O) groups is 2. The van der Waals surface area contributed by atoms with Crippen LogP contribution in [-0.4, -0.2) is 117 Å². The molecule has 0 aliphatic carbocycles. The standard InChI is InChI=1S/C38H54N6O8/c1-28-21-29(2)23-32(22-28)40-35(45)24-31-7-12-48-17-18-51-16-11-43(39-27-52-20-19-49-13-8-31)25-34-41-37-30(3)5-4-6-33(37)38(47)44(34)26-36(46)42-9-14-50-15-10-42/h4-6,21-23,31,39H,7-20,24-27H2,1-3H3,(H,40,45). The Balaban J connectivity index is 1.18. The van der Waals surface area contributed by atoms with Gasteiger partial charge in [0, 0.05) is 45.0 Å². The molecule has 2 aliphatic heterocycles. The van der Waals surface area contributed by atoms with Crippen LogP contribution in [0.5, 0.6) is 0 Å². The van der Waals surface area contributed by atoms with Gasteiger partial charge in [0.2, 0.25) is 11.8 Å². The summed E-state index contributed by atoms with van der Waals surface area (Å²) in [5.41, 5.74) is 7.56. The number of aromatic nitrogens is 2. The number of amides is 2. The van der Waals surface area contributed by atoms with E-state index in [1.54, 1.807) is 11.0 Å². The number of hydrogen-bond donors (Lipinski definition) is 2. The summed E-state index contributed by atoms with van der Waals surface area (Å²) >= 11 is 0. The van der Waals surface area contributed by atoms with Gasteiger partial charge in [-0.05, 0) is 74.4 Å². The number of carbonyl (C=O) groups excluding carboxylic acids is 2. The average Bonchev–Trinajstić information content (AvgIpc) is 3.11. The SMILES string of the molecule is Cc1cc(C)cc(NC(=O)CC2CCOCCOCCN(Cc3nc4c(C)cccc4c(=O)n3CC(=O)N3CCOCC3)NCOCCOCC2)c1. The van der Waals surface area contributed by atoms with Gasteiger partial charge in [-0.1, -0.05) is 18.2 Å². The van der Waals surface area contributed by atoms with E-state index in [1.165, 1.54) is 4.57 Å². The Hall–Kier alpha value is -3.76. The number of morpholine rings is 1. The van der Waals surface area contributed by atoms with E-state index >= 15 is 0 Å². The molecule has 14 nitrogen and oxygen atoms in total. The molecule has 2 aromatic carbocycles. The molecular weight excluding hydrogens is 668 g/mol. The van der Waals surface area contributed by atoms with Crippen LogP contribution >= 0.6 is 0 Å². The second-order valence-corrected chi connectivity index (χ2v) is 13.4. The van der Waals surface area contributed by atoms with E-state index in [0.717, 1.165) is 35.2 Å². The smallest absolute Gasteiger partial charge is 0.261 e. The predicted octanol–water partition coefficient (Wildman–Crippen LogP) is 2.95. The van der Waals surface area contributed by atoms with E-state index in [4.69, 9.17) is 28.7 Å². The molecule has 2 fully saturated rings. The second-order valence-electron chi connectivity index (χ2n) is 13.4. The van der Waals surface area contributed by atoms with Crippen LogP contribution in [-0.2, 0) is 46.4 Å². The fourth-order valence-corrected chi connectivity index (χ4v) is 6.44. The number of hydrazine groups is 1. The summed E-state index contributed by atoms with van der Waals surface area (Å²) < 4.78 is 30.4. The van der Waals surface area contributed by atoms with Crippen LogP contribution in [0.1, 0.15) is 41.8 Å². The summed E-state index contributed by atoms with van der Waals surface area (Å²) in [4.78, 5) is 46.7. The van der Waals surface area contributed by atoms with Crippen molar-refractivity contribution in [2.24, 2.45) is 5.92 Å². The van der Waals surface area contributed by atoms with Crippen molar-refractivity contribution in [3.63, 3.8) is 0 Å². The van der Waals surface area contributed by atoms with Gasteiger partial charge >= 0.3 is 0 Å². The zero-order valence-electron chi connectivity index (χ0n) is 30.8. The average molecular weight is 723 g/mol. The predicted molar refractivity (Wildman–Crippen MR) is 197 cm³/mol. The molecule has 14 heteroatoms. The first-order chi connectivity index (χ1) is 25.3. The minimum Gasteiger partial charge on any atom is -0.379 e. The number of rotatable bonds is 7. The second kappa shape index (κ2) is 20.5. The van der Waals surface area contributed by atoms with Crippen LogP contribution in [0, 0.1) is 26.7 Å². The number of fused-ring (bicyclic) bond motifs is 1. The number of aryl methyl sites for hydroxylation is 3. The fraction of sp³-hybridized carbons (Fsp3) is 0.579. The lowest BCUT2D eigenvalue weighted by Gasteiger charge is -2.28. The third kappa shape index (κ3) is 12.2. The summed E-state index contributed by atoms with van der Waals surface area (Å²) in [6.45, 7) is 11.6. The Morgan fingerprint density at radius 1 is 0.827 bits per heavy atom. The van der Waals surface area contributed by atoms with Crippen molar-refractivity contribution in [3.8, 4) is 0 Å². The fourth-order valence-electron chi connectivity index (χ4n) is 6.44. The molecule has 52 heavy (non-hydrogen) atoms. The highest BCUT2D eigenvalue weighted by Gasteiger charge is 2.22. The van der Waals surface area contributed by atoms with Crippen LogP contribution in [0.25, 0.3) is 10.9 Å². The number of nitrogens with one attached hydrogen (secondary N) is 2. The van der Waals surface area contributed by atoms with Gasteiger partial charge in [-0.25, -0.2) is 15.4 Å². The Morgan fingerprint density at radius 3 is 2.17 bits per heavy atom. The van der Waals surface area contributed by atoms with E-state index in [2.05, 4.69) is 16.8 Å². The number of benzene rings is 2. The molecule has 2 saturated heterocycles. The summed E-state index contributed by atoms with van der Waals surface area (Å²) in [5.74, 6) is 0.406. The molecule has 2 amide bonds. The Kier molecular flexibility index (Phi) is 15.5. The van der Waals surface area contributed by atoms with Crippen molar-refractivity contribution in [3.05, 3.63) is 69.3 Å². The first kappa shape index (κ1) is 39.4. The van der Waals surface area contributed by atoms with Crippen LogP contribution < -0.4 is 16.3 Å². The van der Waals surface area contributed by atoms with Crippen molar-refractivity contribution in [2.45, 2.75) is 53.1 Å². The maximum atomic E-state index is 13.8. The third-order valence-corrected chi connectivity index (χ3v) is 9.22. The minimum absolute atomic E-state index is 0.0193. The zero-order valence-corrected chi connectivity index (χ0v) is 30.8. The Bertz CT molecular complexity index is 1640. The maximum Gasteiger partial charge on any atom is 0.261 e. The van der Waals surface area contributed by atoms with Crippen molar-refractivity contribution in [1.29, 1.82) is 0 Å². The van der Waals surface area contributed by atoms with E-state index < -0.39 is 0 Å². The molecule has 0 spiro atoms. The zero-order chi connectivity index (χ0) is 36.7. The monoisotopic (exact) mass is 722 g/mol. The molecule has 1 unspecified atom stereocenters. The van der Waals surface area contributed by atoms with Gasteiger partial charge in [0.05, 0.1) is 63.7 Å². The van der Waals surface area contributed by atoms with Gasteiger partial charge in [-0.2, -0.15) is 0 Å². The normalized spacial score (nSPS) is 19.5. The lowest BCUT2D eigenvalue weighted by atomic mass is 9.97. The van der Waals surface area contributed by atoms with Crippen molar-refractivity contribution < 1.29 is 33.3 Å². The highest BCUT2D eigenvalue weighted by atomic mass is 16.5. The van der Waals surface area contributed by atoms with E-state index in [0.29, 0.717) is 102 Å². The number of hydrogen-bond acceptors (Lipinski definition) is 11.